The Morgan fingerprint density at radius 3 is 2.55 bits per heavy atom. The summed E-state index contributed by atoms with van der Waals surface area (Å²) in [7, 11) is -4.10. The van der Waals surface area contributed by atoms with E-state index in [9.17, 15) is 8.42 Å². The molecule has 0 unspecified atom stereocenters. The summed E-state index contributed by atoms with van der Waals surface area (Å²) in [6.45, 7) is 3.99. The molecule has 0 spiro atoms. The van der Waals surface area contributed by atoms with Crippen LogP contribution in [0.15, 0.2) is 107 Å². The average Bonchev–Trinajstić information content (AvgIpc) is 3.49. The van der Waals surface area contributed by atoms with Crippen molar-refractivity contribution in [3.05, 3.63) is 124 Å². The molecule has 8 heteroatoms. The average molecular weight is 599 g/mol. The van der Waals surface area contributed by atoms with Crippen LogP contribution in [-0.4, -0.2) is 21.2 Å². The number of aryl methyl sites for hydroxylation is 1. The number of nitrogens with one attached hydrogen (secondary N) is 1. The van der Waals surface area contributed by atoms with Gasteiger partial charge in [-0.05, 0) is 85.3 Å². The van der Waals surface area contributed by atoms with E-state index in [1.165, 1.54) is 28.9 Å². The van der Waals surface area contributed by atoms with E-state index < -0.39 is 10.1 Å². The highest BCUT2D eigenvalue weighted by Crippen LogP contribution is 2.49. The van der Waals surface area contributed by atoms with Crippen molar-refractivity contribution >= 4 is 39.3 Å². The van der Waals surface area contributed by atoms with Gasteiger partial charge in [0.15, 0.2) is 5.75 Å². The van der Waals surface area contributed by atoms with Crippen LogP contribution in [-0.2, 0) is 10.1 Å². The lowest BCUT2D eigenvalue weighted by Gasteiger charge is -2.37. The van der Waals surface area contributed by atoms with E-state index in [0.29, 0.717) is 24.0 Å². The Labute approximate surface area is 251 Å². The molecule has 4 aromatic rings. The second-order valence-electron chi connectivity index (χ2n) is 10.5. The van der Waals surface area contributed by atoms with Gasteiger partial charge in [-0.3, -0.25) is 4.99 Å². The number of nitrogens with zero attached hydrogens (tertiary/aromatic N) is 1. The van der Waals surface area contributed by atoms with Crippen molar-refractivity contribution in [1.82, 2.24) is 0 Å². The van der Waals surface area contributed by atoms with E-state index in [-0.39, 0.29) is 27.5 Å². The Kier molecular flexibility index (Phi) is 7.80. The number of hydrogen-bond acceptors (Lipinski definition) is 6. The first kappa shape index (κ1) is 28.1. The van der Waals surface area contributed by atoms with Crippen LogP contribution < -0.4 is 14.2 Å². The highest BCUT2D eigenvalue weighted by Gasteiger charge is 2.37. The van der Waals surface area contributed by atoms with Gasteiger partial charge < -0.3 is 14.2 Å². The fourth-order valence-electron chi connectivity index (χ4n) is 5.66. The minimum atomic E-state index is -4.10. The SMILES string of the molecule is CCOc1cc(C=Nc2ccc([C@@H]3Nc4ccccc4[C@@H]4C=CC[C@@H]43)cc2)cc(Cl)c1OS(=O)(=O)c1ccc(C)cc1. The maximum atomic E-state index is 12.9. The van der Waals surface area contributed by atoms with Crippen LogP contribution in [0.5, 0.6) is 11.5 Å². The predicted molar refractivity (Wildman–Crippen MR) is 168 cm³/mol. The van der Waals surface area contributed by atoms with Gasteiger partial charge in [0.25, 0.3) is 0 Å². The van der Waals surface area contributed by atoms with Gasteiger partial charge >= 0.3 is 10.1 Å². The van der Waals surface area contributed by atoms with E-state index in [4.69, 9.17) is 20.5 Å². The Morgan fingerprint density at radius 2 is 1.79 bits per heavy atom. The second-order valence-corrected chi connectivity index (χ2v) is 12.5. The molecule has 0 fully saturated rings. The molecule has 4 aromatic carbocycles. The summed E-state index contributed by atoms with van der Waals surface area (Å²) in [4.78, 5) is 4.67. The Morgan fingerprint density at radius 1 is 1.02 bits per heavy atom. The van der Waals surface area contributed by atoms with Crippen LogP contribution in [0.3, 0.4) is 0 Å². The number of benzene rings is 4. The molecule has 0 bridgehead atoms. The molecule has 42 heavy (non-hydrogen) atoms. The number of aliphatic imine (C=N–C) groups is 1. The van der Waals surface area contributed by atoms with Crippen molar-refractivity contribution in [2.75, 3.05) is 11.9 Å². The normalized spacial score (nSPS) is 19.3. The molecular weight excluding hydrogens is 568 g/mol. The van der Waals surface area contributed by atoms with Crippen LogP contribution >= 0.6 is 11.6 Å². The van der Waals surface area contributed by atoms with Crippen LogP contribution in [0.4, 0.5) is 11.4 Å². The summed E-state index contributed by atoms with van der Waals surface area (Å²) in [5.74, 6) is 1.07. The zero-order valence-corrected chi connectivity index (χ0v) is 24.9. The molecular formula is C34H31ClN2O4S. The Balaban J connectivity index is 1.21. The molecule has 0 amide bonds. The number of rotatable bonds is 8. The Bertz CT molecular complexity index is 1770. The van der Waals surface area contributed by atoms with Crippen molar-refractivity contribution in [3.63, 3.8) is 0 Å². The number of halogens is 1. The summed E-state index contributed by atoms with van der Waals surface area (Å²) in [6.07, 6.45) is 7.35. The molecule has 1 aliphatic heterocycles. The summed E-state index contributed by atoms with van der Waals surface area (Å²) >= 11 is 6.51. The number of allylic oxidation sites excluding steroid dienone is 2. The standard InChI is InChI=1S/C34H31ClN2O4S/c1-3-40-32-20-23(19-30(35)34(32)41-42(38,39)26-17-11-22(2)12-18-26)21-36-25-15-13-24(14-16-25)33-29-9-6-8-27(29)28-7-4-5-10-31(28)37-33/h4-8,10-21,27,29,33,37H,3,9H2,1-2H3/t27-,29-,33-/m0/s1. The summed E-state index contributed by atoms with van der Waals surface area (Å²) in [5.41, 5.74) is 6.16. The number of hydrogen-bond donors (Lipinski definition) is 1. The van der Waals surface area contributed by atoms with Gasteiger partial charge in [-0.2, -0.15) is 8.42 Å². The number of fused-ring (bicyclic) bond motifs is 3. The molecule has 214 valence electrons. The van der Waals surface area contributed by atoms with Crippen LogP contribution in [0.1, 0.15) is 47.6 Å². The fourth-order valence-corrected chi connectivity index (χ4v) is 6.92. The summed E-state index contributed by atoms with van der Waals surface area (Å²) in [6, 6.07) is 26.7. The number of para-hydroxylation sites is 1. The van der Waals surface area contributed by atoms with E-state index in [1.54, 1.807) is 37.4 Å². The third-order valence-corrected chi connectivity index (χ3v) is 9.24. The first-order valence-electron chi connectivity index (χ1n) is 14.0. The van der Waals surface area contributed by atoms with Crippen molar-refractivity contribution in [1.29, 1.82) is 0 Å². The second kappa shape index (κ2) is 11.7. The topological polar surface area (TPSA) is 77.0 Å². The van der Waals surface area contributed by atoms with Crippen LogP contribution in [0, 0.1) is 12.8 Å². The minimum absolute atomic E-state index is 0.0352. The molecule has 3 atom stereocenters. The maximum absolute atomic E-state index is 12.9. The van der Waals surface area contributed by atoms with Crippen molar-refractivity contribution < 1.29 is 17.3 Å². The quantitative estimate of drug-likeness (QED) is 0.125. The largest absolute Gasteiger partial charge is 0.490 e. The van der Waals surface area contributed by atoms with Crippen molar-refractivity contribution in [3.8, 4) is 11.5 Å². The van der Waals surface area contributed by atoms with Gasteiger partial charge in [-0.25, -0.2) is 0 Å². The van der Waals surface area contributed by atoms with Gasteiger partial charge in [0.2, 0.25) is 5.75 Å². The van der Waals surface area contributed by atoms with Crippen LogP contribution in [0.25, 0.3) is 0 Å². The number of ether oxygens (including phenoxy) is 1. The van der Waals surface area contributed by atoms with Gasteiger partial charge in [0.1, 0.15) is 4.90 Å². The molecule has 1 heterocycles. The molecule has 6 rings (SSSR count). The zero-order chi connectivity index (χ0) is 29.3. The third-order valence-electron chi connectivity index (χ3n) is 7.72. The van der Waals surface area contributed by atoms with Gasteiger partial charge in [0.05, 0.1) is 23.4 Å². The Hall–Kier alpha value is -4.07. The van der Waals surface area contributed by atoms with E-state index in [2.05, 4.69) is 58.9 Å². The lowest BCUT2D eigenvalue weighted by molar-refractivity contribution is 0.327. The third kappa shape index (κ3) is 5.67. The van der Waals surface area contributed by atoms with Gasteiger partial charge in [0, 0.05) is 17.8 Å². The van der Waals surface area contributed by atoms with E-state index in [1.807, 2.05) is 19.1 Å². The smallest absolute Gasteiger partial charge is 0.339 e. The van der Waals surface area contributed by atoms with E-state index >= 15 is 0 Å². The highest BCUT2D eigenvalue weighted by atomic mass is 35.5. The van der Waals surface area contributed by atoms with Crippen LogP contribution in [0.2, 0.25) is 5.02 Å². The van der Waals surface area contributed by atoms with Crippen molar-refractivity contribution in [2.45, 2.75) is 37.1 Å². The molecule has 1 aliphatic carbocycles. The molecule has 0 radical (unpaired) electrons. The molecule has 0 saturated carbocycles. The summed E-state index contributed by atoms with van der Waals surface area (Å²) in [5, 5.41) is 3.87. The molecule has 2 aliphatic rings. The molecule has 6 nitrogen and oxygen atoms in total. The first-order valence-corrected chi connectivity index (χ1v) is 15.7. The fraction of sp³-hybridized carbons (Fsp3) is 0.206. The van der Waals surface area contributed by atoms with Gasteiger partial charge in [-0.1, -0.05) is 71.8 Å². The monoisotopic (exact) mass is 598 g/mol. The molecule has 0 aromatic heterocycles. The first-order chi connectivity index (χ1) is 20.3. The number of anilines is 1. The predicted octanol–water partition coefficient (Wildman–Crippen LogP) is 8.39. The molecule has 0 saturated heterocycles. The van der Waals surface area contributed by atoms with E-state index in [0.717, 1.165) is 17.7 Å². The summed E-state index contributed by atoms with van der Waals surface area (Å²) < 4.78 is 37.0. The van der Waals surface area contributed by atoms with Gasteiger partial charge in [-0.15, -0.1) is 0 Å². The highest BCUT2D eigenvalue weighted by molar-refractivity contribution is 7.87. The maximum Gasteiger partial charge on any atom is 0.339 e. The van der Waals surface area contributed by atoms with Crippen molar-refractivity contribution in [2.24, 2.45) is 10.9 Å². The lowest BCUT2D eigenvalue weighted by Crippen LogP contribution is -2.28. The minimum Gasteiger partial charge on any atom is -0.490 e. The molecule has 1 N–H and O–H groups in total. The zero-order valence-electron chi connectivity index (χ0n) is 23.3. The lowest BCUT2D eigenvalue weighted by atomic mass is 9.77.